The highest BCUT2D eigenvalue weighted by Crippen LogP contribution is 2.33. The van der Waals surface area contributed by atoms with Gasteiger partial charge < -0.3 is 4.74 Å². The van der Waals surface area contributed by atoms with Crippen LogP contribution in [0.5, 0.6) is 5.75 Å². The number of aryl methyl sites for hydroxylation is 1. The molecule has 1 fully saturated rings. The van der Waals surface area contributed by atoms with Crippen LogP contribution in [0.4, 0.5) is 13.2 Å². The first kappa shape index (κ1) is 24.0. The lowest BCUT2D eigenvalue weighted by molar-refractivity contribution is -0.0500. The number of hydrogen-bond donors (Lipinski definition) is 0. The zero-order valence-corrected chi connectivity index (χ0v) is 19.2. The lowest BCUT2D eigenvalue weighted by atomic mass is 9.78. The number of ether oxygens (including phenoxy) is 1. The third kappa shape index (κ3) is 6.23. The van der Waals surface area contributed by atoms with E-state index in [1.807, 2.05) is 12.1 Å². The van der Waals surface area contributed by atoms with Crippen molar-refractivity contribution in [2.75, 3.05) is 0 Å². The van der Waals surface area contributed by atoms with Gasteiger partial charge in [-0.1, -0.05) is 61.1 Å². The van der Waals surface area contributed by atoms with Crippen molar-refractivity contribution in [1.82, 2.24) is 0 Å². The monoisotopic (exact) mass is 462 g/mol. The van der Waals surface area contributed by atoms with Crippen LogP contribution in [0.15, 0.2) is 67.3 Å². The van der Waals surface area contributed by atoms with E-state index in [-0.39, 0.29) is 11.3 Å². The summed E-state index contributed by atoms with van der Waals surface area (Å²) in [6.45, 7) is 0.879. The molecule has 1 aliphatic rings. The molecule has 0 aliphatic heterocycles. The second kappa shape index (κ2) is 11.3. The molecule has 3 aromatic rings. The minimum atomic E-state index is -2.99. The summed E-state index contributed by atoms with van der Waals surface area (Å²) in [5.74, 6) is 6.58. The second-order valence-electron chi connectivity index (χ2n) is 9.08. The topological polar surface area (TPSA) is 9.23 Å². The van der Waals surface area contributed by atoms with Crippen molar-refractivity contribution in [3.8, 4) is 17.6 Å². The second-order valence-corrected chi connectivity index (χ2v) is 9.08. The Labute approximate surface area is 199 Å². The van der Waals surface area contributed by atoms with E-state index in [2.05, 4.69) is 53.5 Å². The molecule has 34 heavy (non-hydrogen) atoms. The molecule has 1 aliphatic carbocycles. The number of benzene rings is 3. The van der Waals surface area contributed by atoms with Crippen molar-refractivity contribution in [3.63, 3.8) is 0 Å². The van der Waals surface area contributed by atoms with Gasteiger partial charge in [-0.25, -0.2) is 4.39 Å². The number of fused-ring (bicyclic) bond motifs is 1. The Balaban J connectivity index is 1.44. The molecule has 1 nitrogen and oxygen atoms in total. The molecule has 0 N–H and O–H groups in total. The number of rotatable bonds is 7. The van der Waals surface area contributed by atoms with E-state index in [1.54, 1.807) is 0 Å². The molecule has 0 bridgehead atoms. The van der Waals surface area contributed by atoms with E-state index in [1.165, 1.54) is 49.8 Å². The Morgan fingerprint density at radius 2 is 1.71 bits per heavy atom. The lowest BCUT2D eigenvalue weighted by Gasteiger charge is -2.27. The van der Waals surface area contributed by atoms with Crippen LogP contribution < -0.4 is 4.74 Å². The van der Waals surface area contributed by atoms with Crippen LogP contribution in [0.1, 0.15) is 55.2 Å². The standard InChI is InChI=1S/C30H29F3O/c1-2-4-21-7-9-22(10-8-21)11-12-23-13-18-28-24(5-3-6-26(28)19-23)14-15-25-16-17-27(20-29(25)31)34-30(32)33/h2-3,5-6,13,16-22,30H,1,4,7-12H2. The molecule has 0 unspecified atom stereocenters. The summed E-state index contributed by atoms with van der Waals surface area (Å²) in [5, 5.41) is 2.13. The largest absolute Gasteiger partial charge is 0.435 e. The van der Waals surface area contributed by atoms with E-state index in [0.29, 0.717) is 0 Å². The number of allylic oxidation sites excluding steroid dienone is 1. The van der Waals surface area contributed by atoms with Gasteiger partial charge in [-0.2, -0.15) is 8.78 Å². The van der Waals surface area contributed by atoms with Crippen molar-refractivity contribution in [1.29, 1.82) is 0 Å². The van der Waals surface area contributed by atoms with Gasteiger partial charge in [-0.15, -0.1) is 6.58 Å². The fourth-order valence-electron chi connectivity index (χ4n) is 4.87. The Kier molecular flexibility index (Phi) is 7.95. The van der Waals surface area contributed by atoms with Crippen LogP contribution in [0, 0.1) is 29.5 Å². The van der Waals surface area contributed by atoms with Gasteiger partial charge in [0.25, 0.3) is 0 Å². The zero-order valence-electron chi connectivity index (χ0n) is 19.2. The first-order chi connectivity index (χ1) is 16.5. The third-order valence-corrected chi connectivity index (χ3v) is 6.75. The lowest BCUT2D eigenvalue weighted by Crippen LogP contribution is -2.14. The van der Waals surface area contributed by atoms with Gasteiger partial charge in [0.2, 0.25) is 0 Å². The SMILES string of the molecule is C=CCC1CCC(CCc2ccc3c(C#Cc4ccc(OC(F)F)cc4F)cccc3c2)CC1. The normalized spacial score (nSPS) is 17.9. The van der Waals surface area contributed by atoms with Crippen LogP contribution in [0.3, 0.4) is 0 Å². The minimum absolute atomic E-state index is 0.137. The first-order valence-electron chi connectivity index (χ1n) is 11.9. The van der Waals surface area contributed by atoms with Crippen molar-refractivity contribution in [2.24, 2.45) is 11.8 Å². The predicted octanol–water partition coefficient (Wildman–Crippen LogP) is 8.30. The van der Waals surface area contributed by atoms with Crippen molar-refractivity contribution >= 4 is 10.8 Å². The summed E-state index contributed by atoms with van der Waals surface area (Å²) >= 11 is 0. The quantitative estimate of drug-likeness (QED) is 0.253. The van der Waals surface area contributed by atoms with E-state index < -0.39 is 12.4 Å². The molecule has 4 rings (SSSR count). The summed E-state index contributed by atoms with van der Waals surface area (Å²) in [6.07, 6.45) is 10.8. The fourth-order valence-corrected chi connectivity index (χ4v) is 4.87. The highest BCUT2D eigenvalue weighted by molar-refractivity contribution is 5.88. The summed E-state index contributed by atoms with van der Waals surface area (Å²) in [5.41, 5.74) is 2.27. The van der Waals surface area contributed by atoms with Gasteiger partial charge >= 0.3 is 6.61 Å². The Morgan fingerprint density at radius 3 is 2.44 bits per heavy atom. The van der Waals surface area contributed by atoms with Gasteiger partial charge in [-0.3, -0.25) is 0 Å². The molecule has 0 radical (unpaired) electrons. The molecule has 1 saturated carbocycles. The average molecular weight is 463 g/mol. The van der Waals surface area contributed by atoms with E-state index in [0.717, 1.165) is 47.1 Å². The molecule has 176 valence electrons. The molecule has 0 atom stereocenters. The third-order valence-electron chi connectivity index (χ3n) is 6.75. The van der Waals surface area contributed by atoms with Crippen LogP contribution in [-0.4, -0.2) is 6.61 Å². The van der Waals surface area contributed by atoms with Crippen LogP contribution in [0.25, 0.3) is 10.8 Å². The van der Waals surface area contributed by atoms with Gasteiger partial charge in [0.05, 0.1) is 5.56 Å². The summed E-state index contributed by atoms with van der Waals surface area (Å²) in [4.78, 5) is 0. The number of halogens is 3. The Hall–Kier alpha value is -3.19. The molecule has 0 heterocycles. The molecule has 0 saturated heterocycles. The van der Waals surface area contributed by atoms with Gasteiger partial charge in [0.1, 0.15) is 11.6 Å². The molecular weight excluding hydrogens is 433 g/mol. The summed E-state index contributed by atoms with van der Waals surface area (Å²) in [7, 11) is 0. The Morgan fingerprint density at radius 1 is 0.941 bits per heavy atom. The zero-order chi connectivity index (χ0) is 23.9. The highest BCUT2D eigenvalue weighted by Gasteiger charge is 2.20. The fraction of sp³-hybridized carbons (Fsp3) is 0.333. The van der Waals surface area contributed by atoms with E-state index >= 15 is 0 Å². The van der Waals surface area contributed by atoms with E-state index in [4.69, 9.17) is 0 Å². The maximum atomic E-state index is 14.2. The first-order valence-corrected chi connectivity index (χ1v) is 11.9. The van der Waals surface area contributed by atoms with Crippen LogP contribution in [-0.2, 0) is 6.42 Å². The van der Waals surface area contributed by atoms with Gasteiger partial charge in [0, 0.05) is 11.6 Å². The summed E-state index contributed by atoms with van der Waals surface area (Å²) < 4.78 is 43.1. The molecule has 4 heteroatoms. The molecular formula is C30H29F3O. The van der Waals surface area contributed by atoms with E-state index in [9.17, 15) is 13.2 Å². The van der Waals surface area contributed by atoms with Gasteiger partial charge in [-0.05, 0) is 78.5 Å². The maximum absolute atomic E-state index is 14.2. The molecule has 3 aromatic carbocycles. The average Bonchev–Trinajstić information content (AvgIpc) is 2.83. The molecule has 0 amide bonds. The maximum Gasteiger partial charge on any atom is 0.387 e. The van der Waals surface area contributed by atoms with Crippen LogP contribution in [0.2, 0.25) is 0 Å². The number of alkyl halides is 2. The molecule has 0 aromatic heterocycles. The predicted molar refractivity (Wildman–Crippen MR) is 132 cm³/mol. The highest BCUT2D eigenvalue weighted by atomic mass is 19.3. The van der Waals surface area contributed by atoms with Crippen LogP contribution >= 0.6 is 0 Å². The van der Waals surface area contributed by atoms with Crippen molar-refractivity contribution in [2.45, 2.75) is 51.6 Å². The summed E-state index contributed by atoms with van der Waals surface area (Å²) in [6, 6.07) is 16.0. The number of hydrogen-bond acceptors (Lipinski definition) is 1. The van der Waals surface area contributed by atoms with Crippen molar-refractivity contribution < 1.29 is 17.9 Å². The minimum Gasteiger partial charge on any atom is -0.435 e. The molecule has 0 spiro atoms. The smallest absolute Gasteiger partial charge is 0.387 e. The van der Waals surface area contributed by atoms with Crippen molar-refractivity contribution in [3.05, 3.63) is 89.8 Å². The Bertz CT molecular complexity index is 1200. The van der Waals surface area contributed by atoms with Gasteiger partial charge in [0.15, 0.2) is 0 Å².